The third kappa shape index (κ3) is 44.5. The fourth-order valence-electron chi connectivity index (χ4n) is 4.42. The molecule has 0 bridgehead atoms. The van der Waals surface area contributed by atoms with Crippen LogP contribution in [-0.4, -0.2) is 57.7 Å². The summed E-state index contributed by atoms with van der Waals surface area (Å²) in [6, 6.07) is 0. The number of hydrogen-bond donors (Lipinski definition) is 2. The number of nitrogens with zero attached hydrogens (tertiary/aromatic N) is 4. The van der Waals surface area contributed by atoms with E-state index < -0.39 is 0 Å². The molecule has 11 rings (SSSR count). The van der Waals surface area contributed by atoms with Gasteiger partial charge in [0.15, 0.2) is 0 Å². The summed E-state index contributed by atoms with van der Waals surface area (Å²) in [7, 11) is 0. The summed E-state index contributed by atoms with van der Waals surface area (Å²) >= 11 is 0. The SMILES string of the molecule is C.C.C1=CCC=C1.C1=CCC=C1.C1=CNCC1.C1=CNCC1.C1=NCCC1.C1=NCCC1.C1=NCN=C1.C=C1C=CC=C1.C=C1C=CC=C1.C=C1C=CC=C1.C=C1C=CC=C1. The minimum absolute atomic E-state index is 0. The van der Waals surface area contributed by atoms with Crippen LogP contribution in [-0.2, 0) is 0 Å². The summed E-state index contributed by atoms with van der Waals surface area (Å²) in [6.45, 7) is 19.8. The van der Waals surface area contributed by atoms with E-state index in [4.69, 9.17) is 0 Å². The number of aliphatic imine (C=N–C) groups is 4. The maximum Gasteiger partial charge on any atom is 0.129 e. The highest BCUT2D eigenvalue weighted by Gasteiger charge is 1.87. The van der Waals surface area contributed by atoms with Gasteiger partial charge >= 0.3 is 0 Å². The third-order valence-electron chi connectivity index (χ3n) is 7.56. The Kier molecular flexibility index (Phi) is 43.0. The van der Waals surface area contributed by atoms with Crippen LogP contribution in [0.15, 0.2) is 239 Å². The Hall–Kier alpha value is -6.40. The molecule has 6 heteroatoms. The van der Waals surface area contributed by atoms with Gasteiger partial charge in [0.1, 0.15) is 6.67 Å². The molecule has 2 N–H and O–H groups in total. The van der Waals surface area contributed by atoms with Crippen LogP contribution in [0.2, 0.25) is 0 Å². The highest BCUT2D eigenvalue weighted by atomic mass is 14.9. The van der Waals surface area contributed by atoms with Crippen molar-refractivity contribution in [3.63, 3.8) is 0 Å². The molecule has 0 aromatic carbocycles. The smallest absolute Gasteiger partial charge is 0.129 e. The highest BCUT2D eigenvalue weighted by Crippen LogP contribution is 2.03. The molecule has 11 aliphatic rings. The van der Waals surface area contributed by atoms with Crippen molar-refractivity contribution in [3.05, 3.63) is 219 Å². The molecule has 0 atom stereocenters. The first-order chi connectivity index (χ1) is 29.1. The molecule has 0 aromatic heterocycles. The maximum absolute atomic E-state index is 3.96. The van der Waals surface area contributed by atoms with Gasteiger partial charge in [-0.05, 0) is 98.5 Å². The van der Waals surface area contributed by atoms with Crippen LogP contribution in [0.4, 0.5) is 0 Å². The zero-order valence-electron chi connectivity index (χ0n) is 35.3. The summed E-state index contributed by atoms with van der Waals surface area (Å²) in [4.78, 5) is 15.4. The van der Waals surface area contributed by atoms with E-state index in [2.05, 4.69) is 118 Å². The largest absolute Gasteiger partial charge is 0.391 e. The zero-order valence-corrected chi connectivity index (χ0v) is 35.3. The fourth-order valence-corrected chi connectivity index (χ4v) is 4.42. The van der Waals surface area contributed by atoms with Crippen molar-refractivity contribution < 1.29 is 0 Å². The monoisotopic (exact) mass is 821 g/mol. The quantitative estimate of drug-likeness (QED) is 0.255. The Morgan fingerprint density at radius 2 is 0.689 bits per heavy atom. The van der Waals surface area contributed by atoms with Crippen LogP contribution in [0.1, 0.15) is 66.2 Å². The summed E-state index contributed by atoms with van der Waals surface area (Å²) < 4.78 is 0. The van der Waals surface area contributed by atoms with Crippen LogP contribution in [0.25, 0.3) is 0 Å². The lowest BCUT2D eigenvalue weighted by molar-refractivity contribution is 0.917. The first kappa shape index (κ1) is 56.7. The Morgan fingerprint density at radius 3 is 0.770 bits per heavy atom. The van der Waals surface area contributed by atoms with Gasteiger partial charge in [-0.3, -0.25) is 20.0 Å². The lowest BCUT2D eigenvalue weighted by atomic mass is 10.4. The predicted molar refractivity (Wildman–Crippen MR) is 279 cm³/mol. The topological polar surface area (TPSA) is 73.5 Å². The standard InChI is InChI=1S/4C6H6.2C5H6.4C4H7N.C3H4N2.2CH4/c4*1-6-4-2-3-5-6;6*1-2-4-5-3-1;1-2-5-3-4-1;;/h4*2-5H,1H2;2*1-4H,5H2;2*3H,1-2,4H2;2*1,3,5H,2,4H2;1-2H,3H2;2*1H4. The average molecular weight is 821 g/mol. The molecule has 6 nitrogen and oxygen atoms in total. The van der Waals surface area contributed by atoms with Crippen molar-refractivity contribution in [1.29, 1.82) is 0 Å². The van der Waals surface area contributed by atoms with E-state index in [-0.39, 0.29) is 14.9 Å². The third-order valence-corrected chi connectivity index (χ3v) is 7.56. The van der Waals surface area contributed by atoms with Crippen LogP contribution in [0, 0.1) is 0 Å². The van der Waals surface area contributed by atoms with Gasteiger partial charge in [0.2, 0.25) is 0 Å². The highest BCUT2D eigenvalue weighted by molar-refractivity contribution is 6.17. The Bertz CT molecular complexity index is 1390. The molecule has 0 saturated heterocycles. The van der Waals surface area contributed by atoms with E-state index >= 15 is 0 Å². The zero-order chi connectivity index (χ0) is 42.4. The van der Waals surface area contributed by atoms with Crippen molar-refractivity contribution in [3.8, 4) is 0 Å². The van der Waals surface area contributed by atoms with Crippen molar-refractivity contribution in [2.45, 2.75) is 66.2 Å². The van der Waals surface area contributed by atoms with E-state index in [9.17, 15) is 0 Å². The average Bonchev–Trinajstić information content (AvgIpc) is 4.13. The molecule has 61 heavy (non-hydrogen) atoms. The van der Waals surface area contributed by atoms with E-state index in [1.54, 1.807) is 12.4 Å². The van der Waals surface area contributed by atoms with Crippen molar-refractivity contribution in [1.82, 2.24) is 10.6 Å². The van der Waals surface area contributed by atoms with Gasteiger partial charge in [-0.1, -0.05) is 199 Å². The van der Waals surface area contributed by atoms with Gasteiger partial charge in [-0.2, -0.15) is 0 Å². The van der Waals surface area contributed by atoms with Crippen molar-refractivity contribution >= 4 is 24.9 Å². The predicted octanol–water partition coefficient (Wildman–Crippen LogP) is 13.7. The van der Waals surface area contributed by atoms with Gasteiger partial charge in [-0.15, -0.1) is 0 Å². The van der Waals surface area contributed by atoms with Gasteiger partial charge < -0.3 is 10.6 Å². The Morgan fingerprint density at radius 1 is 0.377 bits per heavy atom. The number of allylic oxidation sites excluding steroid dienone is 28. The van der Waals surface area contributed by atoms with Crippen molar-refractivity contribution in [2.24, 2.45) is 20.0 Å². The number of hydrogen-bond acceptors (Lipinski definition) is 6. The number of rotatable bonds is 0. The summed E-state index contributed by atoms with van der Waals surface area (Å²) in [5.41, 5.74) is 4.37. The van der Waals surface area contributed by atoms with Gasteiger partial charge in [-0.25, -0.2) is 0 Å². The molecular formula is C55H76N6. The summed E-state index contributed by atoms with van der Waals surface area (Å²) in [6.07, 6.45) is 73.5. The molecular weight excluding hydrogens is 745 g/mol. The molecule has 326 valence electrons. The molecule has 0 radical (unpaired) electrons. The Labute approximate surface area is 372 Å². The van der Waals surface area contributed by atoms with E-state index in [1.165, 1.54) is 38.5 Å². The van der Waals surface area contributed by atoms with Crippen LogP contribution in [0.3, 0.4) is 0 Å². The van der Waals surface area contributed by atoms with Crippen LogP contribution in [0.5, 0.6) is 0 Å². The molecule has 5 aliphatic heterocycles. The van der Waals surface area contributed by atoms with Gasteiger partial charge in [0.05, 0.1) is 0 Å². The molecule has 0 aromatic rings. The lowest BCUT2D eigenvalue weighted by Crippen LogP contribution is -1.96. The minimum atomic E-state index is 0. The summed E-state index contributed by atoms with van der Waals surface area (Å²) in [5, 5.41) is 6.08. The molecule has 0 unspecified atom stereocenters. The van der Waals surface area contributed by atoms with Crippen LogP contribution < -0.4 is 10.6 Å². The molecule has 0 fully saturated rings. The van der Waals surface area contributed by atoms with Gasteiger partial charge in [0.25, 0.3) is 0 Å². The lowest BCUT2D eigenvalue weighted by Gasteiger charge is -1.78. The van der Waals surface area contributed by atoms with E-state index in [1.807, 2.05) is 122 Å². The maximum atomic E-state index is 3.96. The second-order valence-electron chi connectivity index (χ2n) is 12.9. The Balaban J connectivity index is 0. The van der Waals surface area contributed by atoms with E-state index in [0.717, 1.165) is 61.3 Å². The first-order valence-corrected chi connectivity index (χ1v) is 20.6. The van der Waals surface area contributed by atoms with Crippen molar-refractivity contribution in [2.75, 3.05) is 32.8 Å². The minimum Gasteiger partial charge on any atom is -0.391 e. The second-order valence-corrected chi connectivity index (χ2v) is 12.9. The summed E-state index contributed by atoms with van der Waals surface area (Å²) in [5.74, 6) is 0. The van der Waals surface area contributed by atoms with Gasteiger partial charge in [0, 0.05) is 38.6 Å². The number of nitrogens with one attached hydrogen (secondary N) is 2. The van der Waals surface area contributed by atoms with E-state index in [0.29, 0.717) is 6.67 Å². The fraction of sp³-hybridized carbons (Fsp3) is 0.273. The molecule has 0 spiro atoms. The second kappa shape index (κ2) is 46.3. The molecule has 0 amide bonds. The molecule has 5 heterocycles. The normalized spacial score (nSPS) is 17.6. The first-order valence-electron chi connectivity index (χ1n) is 20.6. The van der Waals surface area contributed by atoms with Crippen LogP contribution >= 0.6 is 0 Å². The molecule has 6 aliphatic carbocycles. The molecule has 0 saturated carbocycles.